The molecule has 0 aliphatic carbocycles. The van der Waals surface area contributed by atoms with Crippen LogP contribution in [0.4, 0.5) is 5.82 Å². The zero-order chi connectivity index (χ0) is 18.0. The highest BCUT2D eigenvalue weighted by molar-refractivity contribution is 6.06. The van der Waals surface area contributed by atoms with Gasteiger partial charge in [0.25, 0.3) is 5.91 Å². The molecule has 130 valence electrons. The highest BCUT2D eigenvalue weighted by Gasteiger charge is 2.32. The normalized spacial score (nSPS) is 15.8. The molecule has 1 aromatic carbocycles. The minimum absolute atomic E-state index is 0.0289. The smallest absolute Gasteiger partial charge is 0.272 e. The molecule has 0 bridgehead atoms. The van der Waals surface area contributed by atoms with E-state index in [1.165, 1.54) is 19.5 Å². The molecule has 1 amide bonds. The summed E-state index contributed by atoms with van der Waals surface area (Å²) in [5, 5.41) is 2.64. The standard InChI is InChI=1S/C17H18N4O4/c1-21(2)14-8-18-11(7-19-14)17(23)20-12-9-25-16-10(15(12)22)5-4-6-13(16)24-3/h4-8,12H,9H2,1-3H3,(H,20,23). The van der Waals surface area contributed by atoms with Crippen LogP contribution in [0, 0.1) is 0 Å². The summed E-state index contributed by atoms with van der Waals surface area (Å²) in [5.74, 6) is 0.809. The molecule has 0 radical (unpaired) electrons. The fourth-order valence-corrected chi connectivity index (χ4v) is 2.46. The van der Waals surface area contributed by atoms with Gasteiger partial charge in [0.15, 0.2) is 17.3 Å². The molecular formula is C17H18N4O4. The van der Waals surface area contributed by atoms with E-state index in [1.807, 2.05) is 14.1 Å². The fourth-order valence-electron chi connectivity index (χ4n) is 2.46. The Morgan fingerprint density at radius 1 is 1.32 bits per heavy atom. The van der Waals surface area contributed by atoms with Gasteiger partial charge in [0, 0.05) is 14.1 Å². The molecule has 0 saturated carbocycles. The number of ether oxygens (including phenoxy) is 2. The molecular weight excluding hydrogens is 324 g/mol. The topological polar surface area (TPSA) is 93.7 Å². The predicted octanol–water partition coefficient (Wildman–Crippen LogP) is 0.925. The van der Waals surface area contributed by atoms with E-state index in [4.69, 9.17) is 9.47 Å². The summed E-state index contributed by atoms with van der Waals surface area (Å²) in [6.07, 6.45) is 2.87. The van der Waals surface area contributed by atoms with Crippen molar-refractivity contribution in [2.75, 3.05) is 32.7 Å². The van der Waals surface area contributed by atoms with Crippen molar-refractivity contribution in [1.29, 1.82) is 0 Å². The number of nitrogens with zero attached hydrogens (tertiary/aromatic N) is 3. The lowest BCUT2D eigenvalue weighted by Gasteiger charge is -2.25. The number of carbonyl (C=O) groups excluding carboxylic acids is 2. The third-order valence-corrected chi connectivity index (χ3v) is 3.81. The molecule has 2 aromatic rings. The Kier molecular flexibility index (Phi) is 4.51. The van der Waals surface area contributed by atoms with Crippen molar-refractivity contribution < 1.29 is 19.1 Å². The summed E-state index contributed by atoms with van der Waals surface area (Å²) in [4.78, 5) is 34.9. The third-order valence-electron chi connectivity index (χ3n) is 3.81. The van der Waals surface area contributed by atoms with E-state index in [1.54, 1.807) is 23.1 Å². The van der Waals surface area contributed by atoms with E-state index in [2.05, 4.69) is 15.3 Å². The second-order valence-corrected chi connectivity index (χ2v) is 5.69. The van der Waals surface area contributed by atoms with Crippen LogP contribution in [0.15, 0.2) is 30.6 Å². The van der Waals surface area contributed by atoms with Crippen LogP contribution < -0.4 is 19.7 Å². The van der Waals surface area contributed by atoms with Gasteiger partial charge in [0.05, 0.1) is 25.1 Å². The first-order valence-corrected chi connectivity index (χ1v) is 7.65. The van der Waals surface area contributed by atoms with Gasteiger partial charge in [-0.05, 0) is 12.1 Å². The average molecular weight is 342 g/mol. The van der Waals surface area contributed by atoms with Crippen LogP contribution in [-0.4, -0.2) is 55.5 Å². The average Bonchev–Trinajstić information content (AvgIpc) is 2.63. The lowest BCUT2D eigenvalue weighted by molar-refractivity contribution is 0.0790. The number of methoxy groups -OCH3 is 1. The summed E-state index contributed by atoms with van der Waals surface area (Å²) in [6, 6.07) is 4.27. The minimum atomic E-state index is -0.789. The number of fused-ring (bicyclic) bond motifs is 1. The molecule has 1 atom stereocenters. The van der Waals surface area contributed by atoms with E-state index in [9.17, 15) is 9.59 Å². The van der Waals surface area contributed by atoms with Crippen LogP contribution in [-0.2, 0) is 0 Å². The maximum Gasteiger partial charge on any atom is 0.272 e. The van der Waals surface area contributed by atoms with Crippen molar-refractivity contribution >= 4 is 17.5 Å². The number of ketones is 1. The van der Waals surface area contributed by atoms with E-state index >= 15 is 0 Å². The monoisotopic (exact) mass is 342 g/mol. The van der Waals surface area contributed by atoms with Crippen molar-refractivity contribution in [1.82, 2.24) is 15.3 Å². The number of hydrogen-bond acceptors (Lipinski definition) is 7. The van der Waals surface area contributed by atoms with Gasteiger partial charge < -0.3 is 19.7 Å². The third kappa shape index (κ3) is 3.23. The molecule has 8 heteroatoms. The summed E-state index contributed by atoms with van der Waals surface area (Å²) < 4.78 is 10.8. The van der Waals surface area contributed by atoms with E-state index < -0.39 is 11.9 Å². The molecule has 0 fully saturated rings. The molecule has 0 saturated heterocycles. The quantitative estimate of drug-likeness (QED) is 0.883. The van der Waals surface area contributed by atoms with Crippen molar-refractivity contribution in [3.05, 3.63) is 41.9 Å². The van der Waals surface area contributed by atoms with Crippen LogP contribution in [0.2, 0.25) is 0 Å². The number of aromatic nitrogens is 2. The van der Waals surface area contributed by atoms with Gasteiger partial charge in [-0.2, -0.15) is 0 Å². The number of nitrogens with one attached hydrogen (secondary N) is 1. The summed E-state index contributed by atoms with van der Waals surface area (Å²) in [7, 11) is 5.16. The second-order valence-electron chi connectivity index (χ2n) is 5.69. The maximum atomic E-state index is 12.6. The molecule has 1 N–H and O–H groups in total. The van der Waals surface area contributed by atoms with Gasteiger partial charge in [-0.1, -0.05) is 6.07 Å². The summed E-state index contributed by atoms with van der Waals surface area (Å²) >= 11 is 0. The molecule has 8 nitrogen and oxygen atoms in total. The maximum absolute atomic E-state index is 12.6. The van der Waals surface area contributed by atoms with Crippen LogP contribution in [0.25, 0.3) is 0 Å². The highest BCUT2D eigenvalue weighted by Crippen LogP contribution is 2.34. The number of rotatable bonds is 4. The molecule has 3 rings (SSSR count). The van der Waals surface area contributed by atoms with Gasteiger partial charge >= 0.3 is 0 Å². The Morgan fingerprint density at radius 2 is 2.12 bits per heavy atom. The van der Waals surface area contributed by atoms with Gasteiger partial charge in [0.1, 0.15) is 24.2 Å². The van der Waals surface area contributed by atoms with Crippen molar-refractivity contribution in [2.24, 2.45) is 0 Å². The number of benzene rings is 1. The van der Waals surface area contributed by atoms with Crippen LogP contribution >= 0.6 is 0 Å². The summed E-state index contributed by atoms with van der Waals surface area (Å²) in [5.41, 5.74) is 0.514. The Hall–Kier alpha value is -3.16. The summed E-state index contributed by atoms with van der Waals surface area (Å²) in [6.45, 7) is 0.0289. The van der Waals surface area contributed by atoms with Gasteiger partial charge in [-0.15, -0.1) is 0 Å². The molecule has 1 unspecified atom stereocenters. The number of para-hydroxylation sites is 1. The van der Waals surface area contributed by atoms with E-state index in [-0.39, 0.29) is 18.1 Å². The Balaban J connectivity index is 1.75. The number of amides is 1. The molecule has 0 spiro atoms. The lowest BCUT2D eigenvalue weighted by Crippen LogP contribution is -2.47. The Morgan fingerprint density at radius 3 is 2.76 bits per heavy atom. The van der Waals surface area contributed by atoms with Crippen molar-refractivity contribution in [3.63, 3.8) is 0 Å². The predicted molar refractivity (Wildman–Crippen MR) is 90.4 cm³/mol. The van der Waals surface area contributed by atoms with Crippen LogP contribution in [0.5, 0.6) is 11.5 Å². The Labute approximate surface area is 144 Å². The van der Waals surface area contributed by atoms with Crippen molar-refractivity contribution in [3.8, 4) is 11.5 Å². The molecule has 2 heterocycles. The first-order chi connectivity index (χ1) is 12.0. The number of Topliss-reactive ketones (excluding diaryl/α,β-unsaturated/α-hetero) is 1. The van der Waals surface area contributed by atoms with Crippen LogP contribution in [0.1, 0.15) is 20.8 Å². The first-order valence-electron chi connectivity index (χ1n) is 7.65. The van der Waals surface area contributed by atoms with Crippen molar-refractivity contribution in [2.45, 2.75) is 6.04 Å². The zero-order valence-corrected chi connectivity index (χ0v) is 14.1. The van der Waals surface area contributed by atoms with Gasteiger partial charge in [-0.3, -0.25) is 9.59 Å². The fraction of sp³-hybridized carbons (Fsp3) is 0.294. The van der Waals surface area contributed by atoms with Gasteiger partial charge in [0.2, 0.25) is 0 Å². The largest absolute Gasteiger partial charge is 0.493 e. The molecule has 1 aliphatic rings. The number of anilines is 1. The number of carbonyl (C=O) groups is 2. The number of hydrogen-bond donors (Lipinski definition) is 1. The second kappa shape index (κ2) is 6.76. The van der Waals surface area contributed by atoms with E-state index in [0.29, 0.717) is 22.9 Å². The lowest BCUT2D eigenvalue weighted by atomic mass is 10.0. The molecule has 25 heavy (non-hydrogen) atoms. The first kappa shape index (κ1) is 16.7. The molecule has 1 aromatic heterocycles. The minimum Gasteiger partial charge on any atom is -0.493 e. The van der Waals surface area contributed by atoms with Crippen LogP contribution in [0.3, 0.4) is 0 Å². The zero-order valence-electron chi connectivity index (χ0n) is 14.1. The van der Waals surface area contributed by atoms with Gasteiger partial charge in [-0.25, -0.2) is 9.97 Å². The molecule has 1 aliphatic heterocycles. The highest BCUT2D eigenvalue weighted by atomic mass is 16.5. The SMILES string of the molecule is COc1cccc2c1OCC(NC(=O)c1cnc(N(C)C)cn1)C2=O. The van der Waals surface area contributed by atoms with E-state index in [0.717, 1.165) is 0 Å². The Bertz CT molecular complexity index is 805.